The lowest BCUT2D eigenvalue weighted by atomic mass is 10.0. The van der Waals surface area contributed by atoms with Gasteiger partial charge in [-0.05, 0) is 18.9 Å². The smallest absolute Gasteiger partial charge is 0.311 e. The predicted octanol–water partition coefficient (Wildman–Crippen LogP) is 2.06. The summed E-state index contributed by atoms with van der Waals surface area (Å²) in [6.45, 7) is 0. The van der Waals surface area contributed by atoms with E-state index >= 15 is 0 Å². The predicted molar refractivity (Wildman–Crippen MR) is 69.4 cm³/mol. The highest BCUT2D eigenvalue weighted by Crippen LogP contribution is 2.25. The molecule has 18 heavy (non-hydrogen) atoms. The minimum atomic E-state index is -0.419. The number of nitrogens with one attached hydrogen (secondary N) is 1. The van der Waals surface area contributed by atoms with Crippen molar-refractivity contribution >= 4 is 11.5 Å². The molecule has 6 heteroatoms. The molecule has 0 aliphatic heterocycles. The van der Waals surface area contributed by atoms with Crippen LogP contribution in [0.15, 0.2) is 18.3 Å². The standard InChI is InChI=1S/C12H18N4O2/c13-9-5-2-1-3-6-10(9)15-12-11(16(17)18)7-4-8-14-12/h4,7-10H,1-3,5-6,13H2,(H,14,15). The maximum atomic E-state index is 10.9. The Labute approximate surface area is 106 Å². The van der Waals surface area contributed by atoms with Crippen LogP contribution in [0.3, 0.4) is 0 Å². The molecule has 0 spiro atoms. The molecule has 98 valence electrons. The highest BCUT2D eigenvalue weighted by atomic mass is 16.6. The number of hydrogen-bond donors (Lipinski definition) is 2. The molecule has 2 unspecified atom stereocenters. The summed E-state index contributed by atoms with van der Waals surface area (Å²) in [5, 5.41) is 14.0. The Morgan fingerprint density at radius 3 is 2.94 bits per heavy atom. The van der Waals surface area contributed by atoms with Crippen molar-refractivity contribution in [2.75, 3.05) is 5.32 Å². The van der Waals surface area contributed by atoms with Crippen LogP contribution in [-0.2, 0) is 0 Å². The molecule has 1 fully saturated rings. The van der Waals surface area contributed by atoms with Gasteiger partial charge in [-0.1, -0.05) is 19.3 Å². The number of hydrogen-bond acceptors (Lipinski definition) is 5. The van der Waals surface area contributed by atoms with Crippen molar-refractivity contribution in [3.05, 3.63) is 28.4 Å². The minimum Gasteiger partial charge on any atom is -0.360 e. The zero-order valence-electron chi connectivity index (χ0n) is 10.2. The van der Waals surface area contributed by atoms with Crippen LogP contribution in [-0.4, -0.2) is 22.0 Å². The van der Waals surface area contributed by atoms with E-state index in [0.29, 0.717) is 5.82 Å². The second-order valence-corrected chi connectivity index (χ2v) is 4.68. The van der Waals surface area contributed by atoms with Crippen LogP contribution in [0.25, 0.3) is 0 Å². The molecule has 1 aliphatic rings. The van der Waals surface area contributed by atoms with Gasteiger partial charge >= 0.3 is 5.69 Å². The molecule has 0 radical (unpaired) electrons. The Morgan fingerprint density at radius 2 is 2.17 bits per heavy atom. The first kappa shape index (κ1) is 12.8. The summed E-state index contributed by atoms with van der Waals surface area (Å²) in [5.41, 5.74) is 6.10. The molecule has 1 heterocycles. The molecule has 0 saturated heterocycles. The normalized spacial score (nSPS) is 24.3. The first-order valence-electron chi connectivity index (χ1n) is 6.30. The second-order valence-electron chi connectivity index (χ2n) is 4.68. The monoisotopic (exact) mass is 250 g/mol. The molecule has 1 aliphatic carbocycles. The summed E-state index contributed by atoms with van der Waals surface area (Å²) >= 11 is 0. The summed E-state index contributed by atoms with van der Waals surface area (Å²) < 4.78 is 0. The van der Waals surface area contributed by atoms with Crippen molar-refractivity contribution < 1.29 is 4.92 Å². The van der Waals surface area contributed by atoms with Crippen LogP contribution in [0.1, 0.15) is 32.1 Å². The lowest BCUT2D eigenvalue weighted by Gasteiger charge is -2.22. The molecule has 6 nitrogen and oxygen atoms in total. The van der Waals surface area contributed by atoms with E-state index in [-0.39, 0.29) is 17.8 Å². The number of anilines is 1. The molecule has 0 bridgehead atoms. The van der Waals surface area contributed by atoms with Gasteiger partial charge in [-0.25, -0.2) is 4.98 Å². The van der Waals surface area contributed by atoms with Crippen LogP contribution in [0.2, 0.25) is 0 Å². The van der Waals surface area contributed by atoms with Gasteiger partial charge in [-0.15, -0.1) is 0 Å². The Bertz CT molecular complexity index is 424. The first-order valence-corrected chi connectivity index (χ1v) is 6.30. The summed E-state index contributed by atoms with van der Waals surface area (Å²) in [6.07, 6.45) is 6.86. The fraction of sp³-hybridized carbons (Fsp3) is 0.583. The van der Waals surface area contributed by atoms with E-state index in [1.165, 1.54) is 12.5 Å². The minimum absolute atomic E-state index is 0.00828. The van der Waals surface area contributed by atoms with Gasteiger partial charge in [-0.3, -0.25) is 10.1 Å². The highest BCUT2D eigenvalue weighted by Gasteiger charge is 2.23. The lowest BCUT2D eigenvalue weighted by Crippen LogP contribution is -2.39. The van der Waals surface area contributed by atoms with E-state index in [0.717, 1.165) is 25.7 Å². The van der Waals surface area contributed by atoms with Gasteiger partial charge in [0.15, 0.2) is 0 Å². The zero-order valence-corrected chi connectivity index (χ0v) is 10.2. The maximum Gasteiger partial charge on any atom is 0.311 e. The third-order valence-electron chi connectivity index (χ3n) is 3.37. The average Bonchev–Trinajstić information content (AvgIpc) is 2.55. The van der Waals surface area contributed by atoms with E-state index in [4.69, 9.17) is 5.73 Å². The van der Waals surface area contributed by atoms with Gasteiger partial charge in [0, 0.05) is 24.3 Å². The van der Waals surface area contributed by atoms with E-state index in [2.05, 4.69) is 10.3 Å². The van der Waals surface area contributed by atoms with Gasteiger partial charge in [0.25, 0.3) is 0 Å². The van der Waals surface area contributed by atoms with Crippen molar-refractivity contribution in [1.82, 2.24) is 4.98 Å². The Morgan fingerprint density at radius 1 is 1.39 bits per heavy atom. The first-order chi connectivity index (χ1) is 8.68. The molecule has 2 rings (SSSR count). The van der Waals surface area contributed by atoms with Gasteiger partial charge in [0.2, 0.25) is 5.82 Å². The Hall–Kier alpha value is -1.69. The van der Waals surface area contributed by atoms with Crippen LogP contribution in [0.5, 0.6) is 0 Å². The number of rotatable bonds is 3. The number of nitrogens with zero attached hydrogens (tertiary/aromatic N) is 2. The Kier molecular flexibility index (Phi) is 4.09. The number of aromatic nitrogens is 1. The average molecular weight is 250 g/mol. The summed E-state index contributed by atoms with van der Waals surface area (Å²) in [5.74, 6) is 0.324. The molecule has 0 aromatic carbocycles. The molecule has 2 atom stereocenters. The van der Waals surface area contributed by atoms with E-state index in [1.54, 1.807) is 12.3 Å². The third kappa shape index (κ3) is 2.95. The van der Waals surface area contributed by atoms with Crippen LogP contribution in [0, 0.1) is 10.1 Å². The molecular formula is C12H18N4O2. The molecule has 1 saturated carbocycles. The third-order valence-corrected chi connectivity index (χ3v) is 3.37. The maximum absolute atomic E-state index is 10.9. The number of nitro groups is 1. The van der Waals surface area contributed by atoms with Gasteiger partial charge in [0.05, 0.1) is 4.92 Å². The van der Waals surface area contributed by atoms with Crippen molar-refractivity contribution in [2.45, 2.75) is 44.2 Å². The molecule has 1 aromatic heterocycles. The Balaban J connectivity index is 2.14. The molecule has 3 N–H and O–H groups in total. The summed E-state index contributed by atoms with van der Waals surface area (Å²) in [6, 6.07) is 3.13. The number of nitrogens with two attached hydrogens (primary N) is 1. The van der Waals surface area contributed by atoms with E-state index in [1.807, 2.05) is 0 Å². The van der Waals surface area contributed by atoms with Crippen LogP contribution in [0.4, 0.5) is 11.5 Å². The highest BCUT2D eigenvalue weighted by molar-refractivity contribution is 5.55. The molecule has 0 amide bonds. The number of pyridine rings is 1. The zero-order chi connectivity index (χ0) is 13.0. The van der Waals surface area contributed by atoms with Crippen molar-refractivity contribution in [1.29, 1.82) is 0 Å². The molecule has 1 aromatic rings. The quantitative estimate of drug-likeness (QED) is 0.486. The second kappa shape index (κ2) is 5.77. The van der Waals surface area contributed by atoms with E-state index in [9.17, 15) is 10.1 Å². The van der Waals surface area contributed by atoms with Crippen molar-refractivity contribution in [3.63, 3.8) is 0 Å². The summed E-state index contributed by atoms with van der Waals surface area (Å²) in [7, 11) is 0. The SMILES string of the molecule is NC1CCCCCC1Nc1ncccc1[N+](=O)[O-]. The van der Waals surface area contributed by atoms with Crippen molar-refractivity contribution in [3.8, 4) is 0 Å². The van der Waals surface area contributed by atoms with Gasteiger partial charge in [0.1, 0.15) is 0 Å². The van der Waals surface area contributed by atoms with Crippen LogP contribution < -0.4 is 11.1 Å². The molecular weight excluding hydrogens is 232 g/mol. The fourth-order valence-electron chi connectivity index (χ4n) is 2.35. The summed E-state index contributed by atoms with van der Waals surface area (Å²) in [4.78, 5) is 14.5. The van der Waals surface area contributed by atoms with Gasteiger partial charge in [-0.2, -0.15) is 0 Å². The lowest BCUT2D eigenvalue weighted by molar-refractivity contribution is -0.384. The van der Waals surface area contributed by atoms with Crippen LogP contribution >= 0.6 is 0 Å². The fourth-order valence-corrected chi connectivity index (χ4v) is 2.35. The largest absolute Gasteiger partial charge is 0.360 e. The van der Waals surface area contributed by atoms with Crippen molar-refractivity contribution in [2.24, 2.45) is 5.73 Å². The van der Waals surface area contributed by atoms with Gasteiger partial charge < -0.3 is 11.1 Å². The van der Waals surface area contributed by atoms with E-state index < -0.39 is 4.92 Å². The topological polar surface area (TPSA) is 94.1 Å².